The number of hydrogen-bond acceptors (Lipinski definition) is 4. The number of hydrogen-bond donors (Lipinski definition) is 2. The smallest absolute Gasteiger partial charge is 0.188 e. The van der Waals surface area contributed by atoms with E-state index in [4.69, 9.17) is 15.2 Å². The van der Waals surface area contributed by atoms with Crippen LogP contribution in [-0.4, -0.2) is 71.0 Å². The fourth-order valence-corrected chi connectivity index (χ4v) is 2.18. The number of nitrogens with zero attached hydrogens (tertiary/aromatic N) is 2. The molecule has 0 radical (unpaired) electrons. The highest BCUT2D eigenvalue weighted by Gasteiger charge is 2.18. The van der Waals surface area contributed by atoms with Crippen LogP contribution in [0.2, 0.25) is 0 Å². The number of likely N-dealkylation sites (tertiary alicyclic amines) is 1. The van der Waals surface area contributed by atoms with E-state index in [9.17, 15) is 0 Å². The molecule has 0 bridgehead atoms. The summed E-state index contributed by atoms with van der Waals surface area (Å²) in [4.78, 5) is 6.84. The van der Waals surface area contributed by atoms with Crippen molar-refractivity contribution in [2.45, 2.75) is 12.8 Å². The Morgan fingerprint density at radius 1 is 1.26 bits per heavy atom. The van der Waals surface area contributed by atoms with Crippen LogP contribution in [0, 0.1) is 5.92 Å². The average molecular weight is 272 g/mol. The molecule has 0 aromatic heterocycles. The molecule has 1 heterocycles. The van der Waals surface area contributed by atoms with E-state index in [1.54, 1.807) is 14.2 Å². The Hall–Kier alpha value is -0.850. The van der Waals surface area contributed by atoms with E-state index in [1.807, 2.05) is 0 Å². The van der Waals surface area contributed by atoms with E-state index in [2.05, 4.69) is 15.2 Å². The SMILES string of the molecule is COCCNC(N)=NCC1CCN(CCOC)CC1. The van der Waals surface area contributed by atoms with Crippen LogP contribution in [0.3, 0.4) is 0 Å². The molecular formula is C13H28N4O2. The van der Waals surface area contributed by atoms with Crippen LogP contribution in [-0.2, 0) is 9.47 Å². The first-order valence-corrected chi connectivity index (χ1v) is 7.00. The first-order valence-electron chi connectivity index (χ1n) is 7.00. The molecule has 0 aromatic rings. The highest BCUT2D eigenvalue weighted by Crippen LogP contribution is 2.16. The molecular weight excluding hydrogens is 244 g/mol. The van der Waals surface area contributed by atoms with Gasteiger partial charge in [-0.15, -0.1) is 0 Å². The molecule has 0 atom stereocenters. The first-order chi connectivity index (χ1) is 9.26. The Balaban J connectivity index is 2.12. The molecule has 1 aliphatic rings. The fraction of sp³-hybridized carbons (Fsp3) is 0.923. The second-order valence-corrected chi connectivity index (χ2v) is 4.92. The molecule has 1 saturated heterocycles. The van der Waals surface area contributed by atoms with Crippen LogP contribution >= 0.6 is 0 Å². The van der Waals surface area contributed by atoms with Gasteiger partial charge in [0.1, 0.15) is 0 Å². The van der Waals surface area contributed by atoms with Crippen LogP contribution in [0.15, 0.2) is 4.99 Å². The predicted molar refractivity (Wildman–Crippen MR) is 77.4 cm³/mol. The summed E-state index contributed by atoms with van der Waals surface area (Å²) in [5, 5.41) is 3.04. The standard InChI is InChI=1S/C13H28N4O2/c1-18-9-5-15-13(14)16-11-12-3-6-17(7-4-12)8-10-19-2/h12H,3-11H2,1-2H3,(H3,14,15,16). The zero-order valence-electron chi connectivity index (χ0n) is 12.2. The molecule has 0 aromatic carbocycles. The number of methoxy groups -OCH3 is 2. The number of nitrogens with two attached hydrogens (primary N) is 1. The van der Waals surface area contributed by atoms with Gasteiger partial charge < -0.3 is 25.4 Å². The Labute approximate surface area is 116 Å². The third-order valence-electron chi connectivity index (χ3n) is 3.45. The maximum atomic E-state index is 5.78. The lowest BCUT2D eigenvalue weighted by Gasteiger charge is -2.30. The lowest BCUT2D eigenvalue weighted by Crippen LogP contribution is -2.38. The second kappa shape index (κ2) is 10.00. The minimum atomic E-state index is 0.527. The topological polar surface area (TPSA) is 72.1 Å². The highest BCUT2D eigenvalue weighted by molar-refractivity contribution is 5.77. The minimum Gasteiger partial charge on any atom is -0.383 e. The van der Waals surface area contributed by atoms with Gasteiger partial charge in [0.2, 0.25) is 0 Å². The molecule has 0 saturated carbocycles. The lowest BCUT2D eigenvalue weighted by molar-refractivity contribution is 0.121. The summed E-state index contributed by atoms with van der Waals surface area (Å²) in [6.45, 7) is 6.31. The predicted octanol–water partition coefficient (Wildman–Crippen LogP) is -0.104. The van der Waals surface area contributed by atoms with Gasteiger partial charge in [-0.1, -0.05) is 0 Å². The van der Waals surface area contributed by atoms with Gasteiger partial charge in [-0.3, -0.25) is 4.99 Å². The largest absolute Gasteiger partial charge is 0.383 e. The lowest BCUT2D eigenvalue weighted by atomic mass is 9.97. The monoisotopic (exact) mass is 272 g/mol. The van der Waals surface area contributed by atoms with Gasteiger partial charge in [0.15, 0.2) is 5.96 Å². The summed E-state index contributed by atoms with van der Waals surface area (Å²) in [7, 11) is 3.42. The van der Waals surface area contributed by atoms with Crippen molar-refractivity contribution in [2.75, 3.05) is 60.2 Å². The Kier molecular flexibility index (Phi) is 8.53. The quantitative estimate of drug-likeness (QED) is 0.367. The van der Waals surface area contributed by atoms with Crippen molar-refractivity contribution in [3.8, 4) is 0 Å². The van der Waals surface area contributed by atoms with Crippen molar-refractivity contribution in [2.24, 2.45) is 16.6 Å². The maximum Gasteiger partial charge on any atom is 0.188 e. The Morgan fingerprint density at radius 3 is 2.58 bits per heavy atom. The van der Waals surface area contributed by atoms with Crippen LogP contribution < -0.4 is 11.1 Å². The number of rotatable bonds is 8. The van der Waals surface area contributed by atoms with Crippen molar-refractivity contribution in [3.63, 3.8) is 0 Å². The van der Waals surface area contributed by atoms with Crippen LogP contribution in [0.1, 0.15) is 12.8 Å². The molecule has 0 unspecified atom stereocenters. The van der Waals surface area contributed by atoms with E-state index >= 15 is 0 Å². The molecule has 1 aliphatic heterocycles. The Morgan fingerprint density at radius 2 is 1.95 bits per heavy atom. The fourth-order valence-electron chi connectivity index (χ4n) is 2.18. The Bertz CT molecular complexity index is 253. The van der Waals surface area contributed by atoms with Crippen molar-refractivity contribution < 1.29 is 9.47 Å². The summed E-state index contributed by atoms with van der Waals surface area (Å²) < 4.78 is 10.0. The number of guanidine groups is 1. The molecule has 1 fully saturated rings. The molecule has 6 heteroatoms. The molecule has 3 N–H and O–H groups in total. The van der Waals surface area contributed by atoms with Gasteiger partial charge in [0.25, 0.3) is 0 Å². The molecule has 6 nitrogen and oxygen atoms in total. The van der Waals surface area contributed by atoms with E-state index in [-0.39, 0.29) is 0 Å². The third-order valence-corrected chi connectivity index (χ3v) is 3.45. The second-order valence-electron chi connectivity index (χ2n) is 4.92. The first kappa shape index (κ1) is 16.2. The van der Waals surface area contributed by atoms with Gasteiger partial charge in [0, 0.05) is 33.9 Å². The van der Waals surface area contributed by atoms with E-state index in [0.717, 1.165) is 32.8 Å². The number of nitrogens with one attached hydrogen (secondary N) is 1. The maximum absolute atomic E-state index is 5.78. The zero-order chi connectivity index (χ0) is 13.9. The summed E-state index contributed by atoms with van der Waals surface area (Å²) in [5.41, 5.74) is 5.78. The van der Waals surface area contributed by atoms with Crippen LogP contribution in [0.5, 0.6) is 0 Å². The summed E-state index contributed by atoms with van der Waals surface area (Å²) in [5.74, 6) is 1.18. The highest BCUT2D eigenvalue weighted by atomic mass is 16.5. The van der Waals surface area contributed by atoms with E-state index in [1.165, 1.54) is 12.8 Å². The van der Waals surface area contributed by atoms with Crippen molar-refractivity contribution >= 4 is 5.96 Å². The average Bonchev–Trinajstić information content (AvgIpc) is 2.44. The van der Waals surface area contributed by atoms with Crippen molar-refractivity contribution in [1.82, 2.24) is 10.2 Å². The van der Waals surface area contributed by atoms with Gasteiger partial charge in [0.05, 0.1) is 13.2 Å². The number of aliphatic imine (C=N–C) groups is 1. The van der Waals surface area contributed by atoms with Crippen molar-refractivity contribution in [1.29, 1.82) is 0 Å². The molecule has 0 spiro atoms. The molecule has 0 aliphatic carbocycles. The number of ether oxygens (including phenoxy) is 2. The molecule has 112 valence electrons. The van der Waals surface area contributed by atoms with Crippen LogP contribution in [0.4, 0.5) is 0 Å². The summed E-state index contributed by atoms with van der Waals surface area (Å²) in [6.07, 6.45) is 2.39. The van der Waals surface area contributed by atoms with Gasteiger partial charge in [-0.25, -0.2) is 0 Å². The van der Waals surface area contributed by atoms with Crippen molar-refractivity contribution in [3.05, 3.63) is 0 Å². The van der Waals surface area contributed by atoms with Gasteiger partial charge in [-0.2, -0.15) is 0 Å². The number of piperidine rings is 1. The normalized spacial score (nSPS) is 18.7. The van der Waals surface area contributed by atoms with Crippen LogP contribution in [0.25, 0.3) is 0 Å². The molecule has 1 rings (SSSR count). The zero-order valence-corrected chi connectivity index (χ0v) is 12.2. The molecule has 19 heavy (non-hydrogen) atoms. The van der Waals surface area contributed by atoms with Gasteiger partial charge >= 0.3 is 0 Å². The molecule has 0 amide bonds. The summed E-state index contributed by atoms with van der Waals surface area (Å²) in [6, 6.07) is 0. The van der Waals surface area contributed by atoms with Gasteiger partial charge in [-0.05, 0) is 31.8 Å². The van der Waals surface area contributed by atoms with E-state index in [0.29, 0.717) is 25.0 Å². The third kappa shape index (κ3) is 7.34. The summed E-state index contributed by atoms with van der Waals surface area (Å²) >= 11 is 0. The minimum absolute atomic E-state index is 0.527. The van der Waals surface area contributed by atoms with E-state index < -0.39 is 0 Å².